The van der Waals surface area contributed by atoms with Crippen LogP contribution in [0.5, 0.6) is 0 Å². The summed E-state index contributed by atoms with van der Waals surface area (Å²) in [6, 6.07) is 13.6. The third-order valence-electron chi connectivity index (χ3n) is 7.60. The largest absolute Gasteiger partial charge is 0.378 e. The van der Waals surface area contributed by atoms with Gasteiger partial charge in [0.15, 0.2) is 0 Å². The molecule has 0 atom stereocenters. The fourth-order valence-electron chi connectivity index (χ4n) is 5.59. The van der Waals surface area contributed by atoms with Crippen LogP contribution in [0.2, 0.25) is 0 Å². The fourth-order valence-corrected chi connectivity index (χ4v) is 5.95. The zero-order valence-corrected chi connectivity index (χ0v) is 22.8. The van der Waals surface area contributed by atoms with Crippen LogP contribution < -0.4 is 5.56 Å². The van der Waals surface area contributed by atoms with Crippen molar-refractivity contribution < 1.29 is 9.53 Å². The zero-order chi connectivity index (χ0) is 26.1. The number of aromatic nitrogens is 3. The first-order valence-corrected chi connectivity index (χ1v) is 14.1. The first kappa shape index (κ1) is 25.0. The summed E-state index contributed by atoms with van der Waals surface area (Å²) < 4.78 is 9.69. The Balaban J connectivity index is 1.40. The van der Waals surface area contributed by atoms with Crippen LogP contribution in [0.25, 0.3) is 21.8 Å². The van der Waals surface area contributed by atoms with E-state index >= 15 is 0 Å². The normalized spacial score (nSPS) is 17.1. The van der Waals surface area contributed by atoms with Crippen molar-refractivity contribution in [3.8, 4) is 0 Å². The molecule has 2 aromatic heterocycles. The first-order valence-electron chi connectivity index (χ1n) is 13.3. The number of fused-ring (bicyclic) bond motifs is 2. The number of rotatable bonds is 5. The van der Waals surface area contributed by atoms with Crippen LogP contribution in [0.4, 0.5) is 0 Å². The lowest BCUT2D eigenvalue weighted by atomic mass is 9.88. The number of hydrogen-bond donors (Lipinski definition) is 0. The van der Waals surface area contributed by atoms with Gasteiger partial charge in [0.1, 0.15) is 12.4 Å². The van der Waals surface area contributed by atoms with Gasteiger partial charge in [0.05, 0.1) is 30.3 Å². The monoisotopic (exact) mass is 575 g/mol. The second-order valence-electron chi connectivity index (χ2n) is 10.1. The molecule has 2 aliphatic rings. The SMILES string of the molecule is O=C(Cn1cc(C=Nn2c(C3CCCCC3)nc3ccc(Br)cc3c2=O)c2ccccc21)N1CCOCC1. The minimum atomic E-state index is -0.167. The number of nitrogens with zero attached hydrogens (tertiary/aromatic N) is 5. The van der Waals surface area contributed by atoms with Crippen LogP contribution in [0.15, 0.2) is 63.0 Å². The lowest BCUT2D eigenvalue weighted by molar-refractivity contribution is -0.135. The number of carbonyl (C=O) groups excluding carboxylic acids is 1. The maximum absolute atomic E-state index is 13.7. The highest BCUT2D eigenvalue weighted by Crippen LogP contribution is 2.32. The van der Waals surface area contributed by atoms with Gasteiger partial charge < -0.3 is 14.2 Å². The van der Waals surface area contributed by atoms with E-state index in [9.17, 15) is 9.59 Å². The Hall–Kier alpha value is -3.30. The molecule has 1 saturated carbocycles. The number of benzene rings is 2. The van der Waals surface area contributed by atoms with E-state index in [1.54, 1.807) is 6.21 Å². The van der Waals surface area contributed by atoms with Crippen LogP contribution >= 0.6 is 15.9 Å². The Morgan fingerprint density at radius 2 is 1.87 bits per heavy atom. The molecule has 1 amide bonds. The molecule has 0 bridgehead atoms. The molecule has 2 aromatic carbocycles. The average Bonchev–Trinajstić information content (AvgIpc) is 3.30. The molecule has 1 aliphatic heterocycles. The molecule has 0 N–H and O–H groups in total. The molecule has 0 radical (unpaired) electrons. The van der Waals surface area contributed by atoms with Gasteiger partial charge in [-0.1, -0.05) is 53.4 Å². The highest BCUT2D eigenvalue weighted by Gasteiger charge is 2.23. The number of halogens is 1. The summed E-state index contributed by atoms with van der Waals surface area (Å²) in [5.41, 5.74) is 2.34. The number of morpholine rings is 1. The maximum Gasteiger partial charge on any atom is 0.282 e. The summed E-state index contributed by atoms with van der Waals surface area (Å²) in [5, 5.41) is 6.26. The topological polar surface area (TPSA) is 81.7 Å². The maximum atomic E-state index is 13.7. The van der Waals surface area contributed by atoms with Gasteiger partial charge in [0.2, 0.25) is 5.91 Å². The summed E-state index contributed by atoms with van der Waals surface area (Å²) in [4.78, 5) is 33.4. The standard InChI is InChI=1S/C29H30BrN5O3/c30-22-10-11-25-24(16-22)29(37)35(28(32-25)20-6-2-1-3-7-20)31-17-21-18-34(26-9-5-4-8-23(21)26)19-27(36)33-12-14-38-15-13-33/h4-5,8-11,16-18,20H,1-3,6-7,12-15,19H2. The minimum Gasteiger partial charge on any atom is -0.378 e. The summed E-state index contributed by atoms with van der Waals surface area (Å²) in [6.07, 6.45) is 9.17. The quantitative estimate of drug-likeness (QED) is 0.317. The van der Waals surface area contributed by atoms with Gasteiger partial charge in [-0.15, -0.1) is 0 Å². The molecule has 38 heavy (non-hydrogen) atoms. The van der Waals surface area contributed by atoms with E-state index < -0.39 is 0 Å². The molecule has 8 nitrogen and oxygen atoms in total. The summed E-state index contributed by atoms with van der Waals surface area (Å²) in [5.74, 6) is 0.999. The predicted molar refractivity (Wildman–Crippen MR) is 152 cm³/mol. The zero-order valence-electron chi connectivity index (χ0n) is 21.2. The Morgan fingerprint density at radius 1 is 1.08 bits per heavy atom. The van der Waals surface area contributed by atoms with Gasteiger partial charge in [-0.25, -0.2) is 4.98 Å². The third kappa shape index (κ3) is 4.92. The summed E-state index contributed by atoms with van der Waals surface area (Å²) >= 11 is 3.49. The van der Waals surface area contributed by atoms with Crippen molar-refractivity contribution in [1.29, 1.82) is 0 Å². The third-order valence-corrected chi connectivity index (χ3v) is 8.10. The van der Waals surface area contributed by atoms with Gasteiger partial charge in [-0.05, 0) is 37.1 Å². The molecule has 4 aromatic rings. The predicted octanol–water partition coefficient (Wildman–Crippen LogP) is 4.90. The van der Waals surface area contributed by atoms with Crippen LogP contribution in [0.3, 0.4) is 0 Å². The van der Waals surface area contributed by atoms with Crippen molar-refractivity contribution in [2.24, 2.45) is 5.10 Å². The molecular formula is C29H30BrN5O3. The molecule has 2 fully saturated rings. The van der Waals surface area contributed by atoms with Crippen molar-refractivity contribution >= 4 is 49.9 Å². The molecular weight excluding hydrogens is 546 g/mol. The Morgan fingerprint density at radius 3 is 2.68 bits per heavy atom. The molecule has 9 heteroatoms. The van der Waals surface area contributed by atoms with E-state index in [2.05, 4.69) is 15.9 Å². The van der Waals surface area contributed by atoms with Crippen molar-refractivity contribution in [3.05, 3.63) is 74.9 Å². The summed E-state index contributed by atoms with van der Waals surface area (Å²) in [7, 11) is 0. The molecule has 1 saturated heterocycles. The van der Waals surface area contributed by atoms with Gasteiger partial charge >= 0.3 is 0 Å². The number of hydrogen-bond acceptors (Lipinski definition) is 5. The smallest absolute Gasteiger partial charge is 0.282 e. The number of ether oxygens (including phenoxy) is 1. The van der Waals surface area contributed by atoms with Gasteiger partial charge in [-0.3, -0.25) is 9.59 Å². The van der Waals surface area contributed by atoms with E-state index in [4.69, 9.17) is 14.8 Å². The van der Waals surface area contributed by atoms with Crippen molar-refractivity contribution in [1.82, 2.24) is 19.1 Å². The highest BCUT2D eigenvalue weighted by atomic mass is 79.9. The van der Waals surface area contributed by atoms with E-state index in [0.29, 0.717) is 37.2 Å². The van der Waals surface area contributed by atoms with Crippen molar-refractivity contribution in [2.45, 2.75) is 44.6 Å². The lowest BCUT2D eigenvalue weighted by Crippen LogP contribution is -2.42. The molecule has 0 spiro atoms. The van der Waals surface area contributed by atoms with E-state index in [-0.39, 0.29) is 23.9 Å². The van der Waals surface area contributed by atoms with E-state index in [1.807, 2.05) is 58.1 Å². The van der Waals surface area contributed by atoms with Crippen molar-refractivity contribution in [2.75, 3.05) is 26.3 Å². The molecule has 196 valence electrons. The van der Waals surface area contributed by atoms with Crippen LogP contribution in [-0.4, -0.2) is 57.6 Å². The number of carbonyl (C=O) groups is 1. The van der Waals surface area contributed by atoms with Crippen LogP contribution in [-0.2, 0) is 16.1 Å². The van der Waals surface area contributed by atoms with Crippen LogP contribution in [0.1, 0.15) is 49.4 Å². The minimum absolute atomic E-state index is 0.0673. The molecule has 3 heterocycles. The molecule has 1 aliphatic carbocycles. The second kappa shape index (κ2) is 10.8. The second-order valence-corrected chi connectivity index (χ2v) is 11.0. The lowest BCUT2D eigenvalue weighted by Gasteiger charge is -2.27. The Bertz CT molecular complexity index is 1580. The number of amides is 1. The number of para-hydroxylation sites is 1. The molecule has 0 unspecified atom stereocenters. The summed E-state index contributed by atoms with van der Waals surface area (Å²) in [6.45, 7) is 2.62. The Labute approximate surface area is 229 Å². The average molecular weight is 576 g/mol. The van der Waals surface area contributed by atoms with Crippen LogP contribution in [0, 0.1) is 0 Å². The van der Waals surface area contributed by atoms with Crippen molar-refractivity contribution in [3.63, 3.8) is 0 Å². The first-order chi connectivity index (χ1) is 18.6. The molecule has 6 rings (SSSR count). The van der Waals surface area contributed by atoms with E-state index in [0.717, 1.165) is 52.4 Å². The van der Waals surface area contributed by atoms with Gasteiger partial charge in [0, 0.05) is 46.1 Å². The Kier molecular flexibility index (Phi) is 7.12. The highest BCUT2D eigenvalue weighted by molar-refractivity contribution is 9.10. The van der Waals surface area contributed by atoms with Gasteiger partial charge in [-0.2, -0.15) is 9.78 Å². The van der Waals surface area contributed by atoms with Gasteiger partial charge in [0.25, 0.3) is 5.56 Å². The fraction of sp³-hybridized carbons (Fsp3) is 0.379. The van der Waals surface area contributed by atoms with E-state index in [1.165, 1.54) is 11.1 Å².